The average molecular weight is 369 g/mol. The highest BCUT2D eigenvalue weighted by molar-refractivity contribution is 7.08. The van der Waals surface area contributed by atoms with Gasteiger partial charge >= 0.3 is 0 Å². The third-order valence-electron chi connectivity index (χ3n) is 4.10. The Morgan fingerprint density at radius 1 is 0.640 bits per heavy atom. The van der Waals surface area contributed by atoms with E-state index >= 15 is 0 Å². The van der Waals surface area contributed by atoms with E-state index in [4.69, 9.17) is 9.47 Å². The van der Waals surface area contributed by atoms with E-state index < -0.39 is 0 Å². The fourth-order valence-electron chi connectivity index (χ4n) is 2.61. The minimum Gasteiger partial charge on any atom is -0.489 e. The molecule has 25 heavy (non-hydrogen) atoms. The van der Waals surface area contributed by atoms with Gasteiger partial charge in [-0.1, -0.05) is 78.1 Å². The largest absolute Gasteiger partial charge is 0.489 e. The van der Waals surface area contributed by atoms with Crippen LogP contribution in [0.5, 0.6) is 11.5 Å². The zero-order valence-corrected chi connectivity index (χ0v) is 17.5. The molecule has 1 rings (SSSR count). The lowest BCUT2D eigenvalue weighted by molar-refractivity contribution is 0.260. The van der Waals surface area contributed by atoms with Gasteiger partial charge in [0.15, 0.2) is 11.5 Å². The smallest absolute Gasteiger partial charge is 0.171 e. The fourth-order valence-corrected chi connectivity index (χ4v) is 3.30. The molecule has 1 aromatic rings. The molecule has 1 heterocycles. The Kier molecular flexibility index (Phi) is 18.6. The van der Waals surface area contributed by atoms with Gasteiger partial charge in [-0.25, -0.2) is 0 Å². The molecule has 0 spiro atoms. The van der Waals surface area contributed by atoms with E-state index in [0.717, 1.165) is 37.6 Å². The summed E-state index contributed by atoms with van der Waals surface area (Å²) in [5, 5.41) is 4.13. The second-order valence-corrected chi connectivity index (χ2v) is 7.08. The highest BCUT2D eigenvalue weighted by Crippen LogP contribution is 2.32. The van der Waals surface area contributed by atoms with Crippen molar-refractivity contribution < 1.29 is 9.47 Å². The molecule has 0 aliphatic carbocycles. The van der Waals surface area contributed by atoms with E-state index in [-0.39, 0.29) is 0 Å². The van der Waals surface area contributed by atoms with Crippen molar-refractivity contribution in [2.75, 3.05) is 13.2 Å². The van der Waals surface area contributed by atoms with Gasteiger partial charge in [-0.05, 0) is 12.8 Å². The number of thiophene rings is 1. The van der Waals surface area contributed by atoms with Crippen molar-refractivity contribution in [3.63, 3.8) is 0 Å². The lowest BCUT2D eigenvalue weighted by atomic mass is 10.1. The number of rotatable bonds is 16. The molecule has 1 aromatic heterocycles. The first-order valence-electron chi connectivity index (χ1n) is 10.2. The van der Waals surface area contributed by atoms with Gasteiger partial charge in [0, 0.05) is 10.8 Å². The summed E-state index contributed by atoms with van der Waals surface area (Å²) >= 11 is 1.67. The van der Waals surface area contributed by atoms with Crippen LogP contribution in [0.25, 0.3) is 0 Å². The van der Waals surface area contributed by atoms with Crippen LogP contribution >= 0.6 is 11.3 Å². The maximum Gasteiger partial charge on any atom is 0.171 e. The van der Waals surface area contributed by atoms with E-state index in [1.807, 2.05) is 0 Å². The quantitative estimate of drug-likeness (QED) is 0.217. The van der Waals surface area contributed by atoms with Gasteiger partial charge in [-0.2, -0.15) is 0 Å². The van der Waals surface area contributed by atoms with Crippen molar-refractivity contribution >= 4 is 11.3 Å². The first-order valence-corrected chi connectivity index (χ1v) is 11.1. The van der Waals surface area contributed by atoms with Gasteiger partial charge in [0.05, 0.1) is 13.2 Å². The van der Waals surface area contributed by atoms with Gasteiger partial charge < -0.3 is 9.47 Å². The van der Waals surface area contributed by atoms with E-state index in [1.165, 1.54) is 64.2 Å². The number of hydrogen-bond acceptors (Lipinski definition) is 3. The third kappa shape index (κ3) is 13.9. The van der Waals surface area contributed by atoms with Crippen molar-refractivity contribution in [2.45, 2.75) is 90.9 Å². The Hall–Kier alpha value is -0.960. The van der Waals surface area contributed by atoms with E-state index in [0.29, 0.717) is 0 Å². The van der Waals surface area contributed by atoms with Crippen molar-refractivity contribution in [1.82, 2.24) is 0 Å². The molecule has 0 bridgehead atoms. The Morgan fingerprint density at radius 3 is 1.40 bits per heavy atom. The van der Waals surface area contributed by atoms with Crippen LogP contribution in [-0.4, -0.2) is 13.2 Å². The zero-order chi connectivity index (χ0) is 18.6. The lowest BCUT2D eigenvalue weighted by Gasteiger charge is -2.09. The van der Waals surface area contributed by atoms with Crippen LogP contribution in [0.1, 0.15) is 90.9 Å². The molecule has 0 aliphatic heterocycles. The summed E-state index contributed by atoms with van der Waals surface area (Å²) in [5.41, 5.74) is 0. The highest BCUT2D eigenvalue weighted by Gasteiger charge is 2.06. The second-order valence-electron chi connectivity index (χ2n) is 6.33. The van der Waals surface area contributed by atoms with Gasteiger partial charge in [0.1, 0.15) is 0 Å². The topological polar surface area (TPSA) is 18.5 Å². The van der Waals surface area contributed by atoms with Crippen molar-refractivity contribution in [1.29, 1.82) is 0 Å². The second kappa shape index (κ2) is 19.4. The highest BCUT2D eigenvalue weighted by atomic mass is 32.1. The van der Waals surface area contributed by atoms with Crippen LogP contribution < -0.4 is 9.47 Å². The van der Waals surface area contributed by atoms with E-state index in [2.05, 4.69) is 37.8 Å². The SMILES string of the molecule is C=C.CCCCCCCCOc1cscc1OCCCCCCCC. The van der Waals surface area contributed by atoms with Gasteiger partial charge in [0.25, 0.3) is 0 Å². The molecule has 0 saturated heterocycles. The fraction of sp³-hybridized carbons (Fsp3) is 0.727. The van der Waals surface area contributed by atoms with Gasteiger partial charge in [-0.3, -0.25) is 0 Å². The predicted molar refractivity (Wildman–Crippen MR) is 113 cm³/mol. The zero-order valence-electron chi connectivity index (χ0n) is 16.7. The van der Waals surface area contributed by atoms with E-state index in [9.17, 15) is 0 Å². The minimum absolute atomic E-state index is 0.816. The number of hydrogen-bond donors (Lipinski definition) is 0. The van der Waals surface area contributed by atoms with Crippen LogP contribution in [0.2, 0.25) is 0 Å². The number of ether oxygens (including phenoxy) is 2. The molecule has 0 amide bonds. The number of unbranched alkanes of at least 4 members (excludes halogenated alkanes) is 10. The molecular formula is C22H40O2S. The molecule has 0 unspecified atom stereocenters. The molecule has 0 aliphatic rings. The normalized spacial score (nSPS) is 10.2. The summed E-state index contributed by atoms with van der Waals surface area (Å²) in [5.74, 6) is 1.88. The van der Waals surface area contributed by atoms with E-state index in [1.54, 1.807) is 11.3 Å². The van der Waals surface area contributed by atoms with Crippen molar-refractivity contribution in [3.05, 3.63) is 23.9 Å². The summed E-state index contributed by atoms with van der Waals surface area (Å²) in [6.45, 7) is 12.1. The Bertz CT molecular complexity index is 343. The van der Waals surface area contributed by atoms with Crippen LogP contribution in [0.3, 0.4) is 0 Å². The van der Waals surface area contributed by atoms with Gasteiger partial charge in [0.2, 0.25) is 0 Å². The Labute approximate surface area is 160 Å². The van der Waals surface area contributed by atoms with Crippen LogP contribution in [0.15, 0.2) is 23.9 Å². The monoisotopic (exact) mass is 368 g/mol. The lowest BCUT2D eigenvalue weighted by Crippen LogP contribution is -2.01. The molecular weight excluding hydrogens is 328 g/mol. The summed E-state index contributed by atoms with van der Waals surface area (Å²) in [6.07, 6.45) is 15.6. The summed E-state index contributed by atoms with van der Waals surface area (Å²) in [4.78, 5) is 0. The Morgan fingerprint density at radius 2 is 1.00 bits per heavy atom. The van der Waals surface area contributed by atoms with Crippen LogP contribution in [-0.2, 0) is 0 Å². The van der Waals surface area contributed by atoms with Gasteiger partial charge in [-0.15, -0.1) is 24.5 Å². The van der Waals surface area contributed by atoms with Crippen molar-refractivity contribution in [2.24, 2.45) is 0 Å². The minimum atomic E-state index is 0.816. The standard InChI is InChI=1S/C20H36O2S.C2H4/c1-3-5-7-9-11-13-15-21-19-17-23-18-20(19)22-16-14-12-10-8-6-4-2;1-2/h17-18H,3-16H2,1-2H3;1-2H2. The Balaban J connectivity index is 0.00000277. The van der Waals surface area contributed by atoms with Crippen LogP contribution in [0.4, 0.5) is 0 Å². The molecule has 0 fully saturated rings. The first-order chi connectivity index (χ1) is 12.4. The molecule has 0 atom stereocenters. The molecule has 0 N–H and O–H groups in total. The summed E-state index contributed by atoms with van der Waals surface area (Å²) in [6, 6.07) is 0. The van der Waals surface area contributed by atoms with Crippen LogP contribution in [0, 0.1) is 0 Å². The molecule has 0 radical (unpaired) electrons. The third-order valence-corrected chi connectivity index (χ3v) is 4.80. The first kappa shape index (κ1) is 24.0. The summed E-state index contributed by atoms with van der Waals surface area (Å²) in [7, 11) is 0. The average Bonchev–Trinajstić information content (AvgIpc) is 3.09. The summed E-state index contributed by atoms with van der Waals surface area (Å²) < 4.78 is 11.8. The maximum atomic E-state index is 5.88. The predicted octanol–water partition coefficient (Wildman–Crippen LogP) is 8.03. The molecule has 2 nitrogen and oxygen atoms in total. The van der Waals surface area contributed by atoms with Crippen molar-refractivity contribution in [3.8, 4) is 11.5 Å². The molecule has 3 heteroatoms. The molecule has 0 saturated carbocycles. The maximum absolute atomic E-state index is 5.88. The molecule has 146 valence electrons. The molecule has 0 aromatic carbocycles.